The summed E-state index contributed by atoms with van der Waals surface area (Å²) in [5.74, 6) is -0.693. The molecule has 0 heterocycles. The molecule has 0 aromatic carbocycles. The molecule has 3 heteroatoms. The Kier molecular flexibility index (Phi) is 4.54. The highest BCUT2D eigenvalue weighted by atomic mass is 16.5. The normalized spacial score (nSPS) is 26.4. The maximum atomic E-state index is 11.7. The number of methoxy groups -OCH3 is 1. The van der Waals surface area contributed by atoms with Gasteiger partial charge in [-0.2, -0.15) is 0 Å². The SMILES string of the molecule is CCCCC(C(=O)OC)C1(O)CCC=C1C. The van der Waals surface area contributed by atoms with Gasteiger partial charge in [0.1, 0.15) is 0 Å². The number of carbonyl (C=O) groups is 1. The molecule has 0 saturated carbocycles. The Morgan fingerprint density at radius 1 is 1.69 bits per heavy atom. The first-order chi connectivity index (χ1) is 7.56. The molecular formula is C13H22O3. The van der Waals surface area contributed by atoms with Crippen molar-refractivity contribution in [3.63, 3.8) is 0 Å². The molecule has 1 aliphatic carbocycles. The minimum Gasteiger partial charge on any atom is -0.469 e. The quantitative estimate of drug-likeness (QED) is 0.578. The smallest absolute Gasteiger partial charge is 0.311 e. The van der Waals surface area contributed by atoms with Crippen LogP contribution in [0.2, 0.25) is 0 Å². The van der Waals surface area contributed by atoms with Gasteiger partial charge in [0.25, 0.3) is 0 Å². The van der Waals surface area contributed by atoms with Crippen molar-refractivity contribution < 1.29 is 14.6 Å². The van der Waals surface area contributed by atoms with Gasteiger partial charge in [-0.25, -0.2) is 0 Å². The second-order valence-electron chi connectivity index (χ2n) is 4.57. The number of carbonyl (C=O) groups excluding carboxylic acids is 1. The summed E-state index contributed by atoms with van der Waals surface area (Å²) >= 11 is 0. The second-order valence-corrected chi connectivity index (χ2v) is 4.57. The number of hydrogen-bond acceptors (Lipinski definition) is 3. The van der Waals surface area contributed by atoms with Gasteiger partial charge in [0.15, 0.2) is 0 Å². The van der Waals surface area contributed by atoms with E-state index in [0.717, 1.165) is 24.8 Å². The van der Waals surface area contributed by atoms with Crippen LogP contribution >= 0.6 is 0 Å². The fraction of sp³-hybridized carbons (Fsp3) is 0.769. The summed E-state index contributed by atoms with van der Waals surface area (Å²) in [5, 5.41) is 10.6. The van der Waals surface area contributed by atoms with E-state index in [1.807, 2.05) is 13.0 Å². The van der Waals surface area contributed by atoms with Crippen LogP contribution in [-0.2, 0) is 9.53 Å². The molecule has 1 aliphatic rings. The van der Waals surface area contributed by atoms with Crippen LogP contribution in [-0.4, -0.2) is 23.8 Å². The molecule has 0 radical (unpaired) electrons. The van der Waals surface area contributed by atoms with Crippen molar-refractivity contribution in [2.45, 2.75) is 51.6 Å². The number of hydrogen-bond donors (Lipinski definition) is 1. The zero-order valence-corrected chi connectivity index (χ0v) is 10.5. The van der Waals surface area contributed by atoms with E-state index in [1.165, 1.54) is 7.11 Å². The van der Waals surface area contributed by atoms with Crippen molar-refractivity contribution in [3.8, 4) is 0 Å². The summed E-state index contributed by atoms with van der Waals surface area (Å²) in [6, 6.07) is 0. The molecule has 1 N–H and O–H groups in total. The number of ether oxygens (including phenoxy) is 1. The maximum absolute atomic E-state index is 11.7. The van der Waals surface area contributed by atoms with Gasteiger partial charge in [-0.3, -0.25) is 4.79 Å². The Morgan fingerprint density at radius 3 is 2.81 bits per heavy atom. The highest BCUT2D eigenvalue weighted by molar-refractivity contribution is 5.74. The monoisotopic (exact) mass is 226 g/mol. The Balaban J connectivity index is 2.83. The van der Waals surface area contributed by atoms with Crippen molar-refractivity contribution in [1.82, 2.24) is 0 Å². The molecule has 0 aliphatic heterocycles. The largest absolute Gasteiger partial charge is 0.469 e. The highest BCUT2D eigenvalue weighted by Crippen LogP contribution is 2.39. The van der Waals surface area contributed by atoms with Crippen LogP contribution < -0.4 is 0 Å². The van der Waals surface area contributed by atoms with Gasteiger partial charge in [0.2, 0.25) is 0 Å². The van der Waals surface area contributed by atoms with E-state index >= 15 is 0 Å². The van der Waals surface area contributed by atoms with Crippen LogP contribution in [0.5, 0.6) is 0 Å². The first kappa shape index (κ1) is 13.2. The third-order valence-electron chi connectivity index (χ3n) is 3.57. The molecule has 16 heavy (non-hydrogen) atoms. The Hall–Kier alpha value is -0.830. The fourth-order valence-corrected chi connectivity index (χ4v) is 2.43. The van der Waals surface area contributed by atoms with Crippen molar-refractivity contribution in [1.29, 1.82) is 0 Å². The van der Waals surface area contributed by atoms with E-state index in [1.54, 1.807) is 0 Å². The Morgan fingerprint density at radius 2 is 2.38 bits per heavy atom. The zero-order chi connectivity index (χ0) is 12.2. The number of allylic oxidation sites excluding steroid dienone is 1. The van der Waals surface area contributed by atoms with E-state index in [4.69, 9.17) is 4.74 Å². The number of esters is 1. The standard InChI is InChI=1S/C13H22O3/c1-4-5-8-11(12(14)16-3)13(15)9-6-7-10(13)2/h7,11,15H,4-6,8-9H2,1-3H3. The zero-order valence-electron chi connectivity index (χ0n) is 10.5. The second kappa shape index (κ2) is 5.48. The van der Waals surface area contributed by atoms with Crippen molar-refractivity contribution in [3.05, 3.63) is 11.6 Å². The molecule has 0 saturated heterocycles. The summed E-state index contributed by atoms with van der Waals surface area (Å²) in [7, 11) is 1.39. The lowest BCUT2D eigenvalue weighted by Gasteiger charge is -2.32. The van der Waals surface area contributed by atoms with Gasteiger partial charge in [-0.15, -0.1) is 0 Å². The van der Waals surface area contributed by atoms with Gasteiger partial charge >= 0.3 is 5.97 Å². The summed E-state index contributed by atoms with van der Waals surface area (Å²) in [4.78, 5) is 11.7. The van der Waals surface area contributed by atoms with Crippen molar-refractivity contribution in [2.24, 2.45) is 5.92 Å². The summed E-state index contributed by atoms with van der Waals surface area (Å²) in [6.07, 6.45) is 6.17. The lowest BCUT2D eigenvalue weighted by atomic mass is 9.79. The first-order valence-electron chi connectivity index (χ1n) is 6.03. The van der Waals surface area contributed by atoms with Gasteiger partial charge in [-0.05, 0) is 31.8 Å². The van der Waals surface area contributed by atoms with Gasteiger partial charge < -0.3 is 9.84 Å². The molecule has 0 amide bonds. The third kappa shape index (κ3) is 2.46. The Bertz CT molecular complexity index is 283. The van der Waals surface area contributed by atoms with Gasteiger partial charge in [0.05, 0.1) is 18.6 Å². The minimum absolute atomic E-state index is 0.286. The molecular weight excluding hydrogens is 204 g/mol. The molecule has 0 aromatic rings. The summed E-state index contributed by atoms with van der Waals surface area (Å²) < 4.78 is 4.81. The highest BCUT2D eigenvalue weighted by Gasteiger charge is 2.44. The van der Waals surface area contributed by atoms with Gasteiger partial charge in [-0.1, -0.05) is 25.8 Å². The number of unbranched alkanes of at least 4 members (excludes halogenated alkanes) is 1. The third-order valence-corrected chi connectivity index (χ3v) is 3.57. The van der Waals surface area contributed by atoms with Crippen molar-refractivity contribution in [2.75, 3.05) is 7.11 Å². The maximum Gasteiger partial charge on any atom is 0.311 e. The fourth-order valence-electron chi connectivity index (χ4n) is 2.43. The van der Waals surface area contributed by atoms with Crippen LogP contribution in [0.1, 0.15) is 46.0 Å². The predicted molar refractivity (Wildman–Crippen MR) is 63.0 cm³/mol. The molecule has 3 nitrogen and oxygen atoms in total. The number of rotatable bonds is 5. The lowest BCUT2D eigenvalue weighted by molar-refractivity contribution is -0.154. The number of aliphatic hydroxyl groups is 1. The van der Waals surface area contributed by atoms with E-state index < -0.39 is 11.5 Å². The topological polar surface area (TPSA) is 46.5 Å². The average molecular weight is 226 g/mol. The summed E-state index contributed by atoms with van der Waals surface area (Å²) in [5.41, 5.74) is -0.0542. The van der Waals surface area contributed by atoms with Crippen molar-refractivity contribution >= 4 is 5.97 Å². The molecule has 0 spiro atoms. The molecule has 0 aromatic heterocycles. The van der Waals surface area contributed by atoms with Crippen LogP contribution in [0.3, 0.4) is 0 Å². The van der Waals surface area contributed by atoms with Crippen LogP contribution in [0, 0.1) is 5.92 Å². The van der Waals surface area contributed by atoms with Crippen LogP contribution in [0.4, 0.5) is 0 Å². The van der Waals surface area contributed by atoms with E-state index in [2.05, 4.69) is 6.92 Å². The average Bonchev–Trinajstić information content (AvgIpc) is 2.60. The van der Waals surface area contributed by atoms with E-state index in [-0.39, 0.29) is 5.97 Å². The molecule has 2 atom stereocenters. The molecule has 0 fully saturated rings. The van der Waals surface area contributed by atoms with Crippen LogP contribution in [0.25, 0.3) is 0 Å². The molecule has 92 valence electrons. The summed E-state index contributed by atoms with van der Waals surface area (Å²) in [6.45, 7) is 3.98. The minimum atomic E-state index is -0.970. The van der Waals surface area contributed by atoms with E-state index in [0.29, 0.717) is 12.8 Å². The molecule has 1 rings (SSSR count). The predicted octanol–water partition coefficient (Wildman–Crippen LogP) is 2.44. The van der Waals surface area contributed by atoms with E-state index in [9.17, 15) is 9.90 Å². The van der Waals surface area contributed by atoms with Gasteiger partial charge in [0, 0.05) is 0 Å². The molecule has 2 unspecified atom stereocenters. The van der Waals surface area contributed by atoms with Crippen LogP contribution in [0.15, 0.2) is 11.6 Å². The molecule has 0 bridgehead atoms. The first-order valence-corrected chi connectivity index (χ1v) is 6.03. The lowest BCUT2D eigenvalue weighted by Crippen LogP contribution is -2.42. The Labute approximate surface area is 97.5 Å².